The predicted molar refractivity (Wildman–Crippen MR) is 106 cm³/mol. The van der Waals surface area contributed by atoms with Gasteiger partial charge < -0.3 is 10.1 Å². The molecular weight excluding hydrogens is 374 g/mol. The number of nitrogens with zero attached hydrogens (tertiary/aromatic N) is 2. The Morgan fingerprint density at radius 2 is 1.82 bits per heavy atom. The van der Waals surface area contributed by atoms with E-state index in [0.29, 0.717) is 23.0 Å². The quantitative estimate of drug-likeness (QED) is 0.473. The van der Waals surface area contributed by atoms with Crippen molar-refractivity contribution >= 4 is 17.7 Å². The molecule has 0 amide bonds. The van der Waals surface area contributed by atoms with E-state index in [1.807, 2.05) is 54.6 Å². The fourth-order valence-corrected chi connectivity index (χ4v) is 3.58. The van der Waals surface area contributed by atoms with Gasteiger partial charge in [-0.1, -0.05) is 66.4 Å². The normalized spacial score (nSPS) is 10.4. The molecule has 1 heterocycles. The van der Waals surface area contributed by atoms with Crippen LogP contribution in [-0.2, 0) is 23.4 Å². The number of hydrogen-bond donors (Lipinski definition) is 2. The van der Waals surface area contributed by atoms with Crippen LogP contribution >= 0.6 is 11.8 Å². The van der Waals surface area contributed by atoms with Crippen molar-refractivity contribution < 1.29 is 9.90 Å². The number of nitriles is 1. The maximum atomic E-state index is 12.3. The zero-order valence-corrected chi connectivity index (χ0v) is 15.7. The minimum Gasteiger partial charge on any atom is -0.481 e. The molecule has 0 atom stereocenters. The van der Waals surface area contributed by atoms with E-state index in [0.717, 1.165) is 16.7 Å². The Kier molecular flexibility index (Phi) is 6.25. The second-order valence-electron chi connectivity index (χ2n) is 6.15. The van der Waals surface area contributed by atoms with Gasteiger partial charge in [0.1, 0.15) is 11.6 Å². The highest BCUT2D eigenvalue weighted by atomic mass is 32.2. The van der Waals surface area contributed by atoms with E-state index in [1.54, 1.807) is 6.07 Å². The molecule has 0 aliphatic heterocycles. The Balaban J connectivity index is 1.80. The first-order chi connectivity index (χ1) is 13.5. The fraction of sp³-hybridized carbons (Fsp3) is 0.143. The zero-order valence-electron chi connectivity index (χ0n) is 14.9. The van der Waals surface area contributed by atoms with Crippen molar-refractivity contribution in [2.45, 2.75) is 23.8 Å². The number of nitrogens with one attached hydrogen (secondary N) is 1. The first-order valence-electron chi connectivity index (χ1n) is 8.55. The van der Waals surface area contributed by atoms with Gasteiger partial charge in [-0.2, -0.15) is 5.26 Å². The van der Waals surface area contributed by atoms with Gasteiger partial charge >= 0.3 is 5.97 Å². The third-order valence-corrected chi connectivity index (χ3v) is 4.97. The molecule has 0 saturated carbocycles. The van der Waals surface area contributed by atoms with Crippen LogP contribution in [0.3, 0.4) is 0 Å². The van der Waals surface area contributed by atoms with Crippen molar-refractivity contribution in [2.24, 2.45) is 0 Å². The molecule has 2 aromatic carbocycles. The number of carboxylic acids is 1. The second-order valence-corrected chi connectivity index (χ2v) is 7.11. The van der Waals surface area contributed by atoms with E-state index in [1.165, 1.54) is 11.8 Å². The zero-order chi connectivity index (χ0) is 19.9. The van der Waals surface area contributed by atoms with Crippen LogP contribution < -0.4 is 5.56 Å². The van der Waals surface area contributed by atoms with E-state index in [4.69, 9.17) is 5.11 Å². The van der Waals surface area contributed by atoms with Crippen molar-refractivity contribution in [3.8, 4) is 6.07 Å². The topological polar surface area (TPSA) is 107 Å². The predicted octanol–water partition coefficient (Wildman–Crippen LogP) is 3.15. The minimum absolute atomic E-state index is 0.0247. The molecule has 0 radical (unpaired) electrons. The molecule has 3 aromatic rings. The Hall–Kier alpha value is -3.37. The van der Waals surface area contributed by atoms with E-state index in [9.17, 15) is 14.9 Å². The lowest BCUT2D eigenvalue weighted by molar-refractivity contribution is -0.136. The molecule has 7 heteroatoms. The van der Waals surface area contributed by atoms with Crippen LogP contribution in [0, 0.1) is 11.3 Å². The van der Waals surface area contributed by atoms with E-state index in [2.05, 4.69) is 9.97 Å². The summed E-state index contributed by atoms with van der Waals surface area (Å²) in [6.07, 6.45) is 0.362. The van der Waals surface area contributed by atoms with Crippen molar-refractivity contribution in [2.75, 3.05) is 0 Å². The van der Waals surface area contributed by atoms with Gasteiger partial charge in [0.2, 0.25) is 0 Å². The van der Waals surface area contributed by atoms with Gasteiger partial charge in [0, 0.05) is 12.2 Å². The monoisotopic (exact) mass is 391 g/mol. The molecule has 3 rings (SSSR count). The van der Waals surface area contributed by atoms with Crippen molar-refractivity contribution in [3.63, 3.8) is 0 Å². The first kappa shape index (κ1) is 19.4. The molecule has 0 unspecified atom stereocenters. The molecule has 0 aliphatic rings. The SMILES string of the molecule is N#Cc1c(Cc2ccccc2)nc(SCc2cccc(CC(=O)O)c2)[nH]c1=O. The van der Waals surface area contributed by atoms with Crippen LogP contribution in [0.1, 0.15) is 27.9 Å². The molecule has 0 fully saturated rings. The van der Waals surface area contributed by atoms with E-state index >= 15 is 0 Å². The minimum atomic E-state index is -0.881. The highest BCUT2D eigenvalue weighted by molar-refractivity contribution is 7.98. The molecule has 1 aromatic heterocycles. The lowest BCUT2D eigenvalue weighted by Crippen LogP contribution is -2.17. The fourth-order valence-electron chi connectivity index (χ4n) is 2.75. The first-order valence-corrected chi connectivity index (χ1v) is 9.53. The summed E-state index contributed by atoms with van der Waals surface area (Å²) in [6, 6.07) is 18.8. The largest absolute Gasteiger partial charge is 0.481 e. The standard InChI is InChI=1S/C21H17N3O3S/c22-12-17-18(10-14-5-2-1-3-6-14)23-21(24-20(17)27)28-13-16-8-4-7-15(9-16)11-19(25)26/h1-9H,10-11,13H2,(H,25,26)(H,23,24,27). The number of thioether (sulfide) groups is 1. The number of benzene rings is 2. The Morgan fingerprint density at radius 3 is 2.54 bits per heavy atom. The average Bonchev–Trinajstić information content (AvgIpc) is 2.67. The summed E-state index contributed by atoms with van der Waals surface area (Å²) in [6.45, 7) is 0. The van der Waals surface area contributed by atoms with Crippen LogP contribution in [0.5, 0.6) is 0 Å². The highest BCUT2D eigenvalue weighted by Gasteiger charge is 2.12. The van der Waals surface area contributed by atoms with E-state index < -0.39 is 11.5 Å². The summed E-state index contributed by atoms with van der Waals surface area (Å²) in [7, 11) is 0. The summed E-state index contributed by atoms with van der Waals surface area (Å²) in [5.74, 6) is -0.360. The Morgan fingerprint density at radius 1 is 1.11 bits per heavy atom. The molecule has 140 valence electrons. The number of H-pyrrole nitrogens is 1. The van der Waals surface area contributed by atoms with Gasteiger partial charge in [0.05, 0.1) is 12.1 Å². The van der Waals surface area contributed by atoms with Crippen molar-refractivity contribution in [1.29, 1.82) is 5.26 Å². The lowest BCUT2D eigenvalue weighted by atomic mass is 10.1. The number of rotatable bonds is 7. The smallest absolute Gasteiger partial charge is 0.307 e. The van der Waals surface area contributed by atoms with Crippen LogP contribution in [0.2, 0.25) is 0 Å². The summed E-state index contributed by atoms with van der Waals surface area (Å²) in [5, 5.41) is 18.7. The molecule has 0 saturated heterocycles. The average molecular weight is 391 g/mol. The third kappa shape index (κ3) is 5.09. The van der Waals surface area contributed by atoms with Crippen LogP contribution in [0.15, 0.2) is 64.5 Å². The summed E-state index contributed by atoms with van der Waals surface area (Å²) < 4.78 is 0. The van der Waals surface area contributed by atoms with Crippen LogP contribution in [0.25, 0.3) is 0 Å². The molecule has 6 nitrogen and oxygen atoms in total. The summed E-state index contributed by atoms with van der Waals surface area (Å²) in [4.78, 5) is 30.3. The Bertz CT molecular complexity index is 1090. The maximum absolute atomic E-state index is 12.3. The lowest BCUT2D eigenvalue weighted by Gasteiger charge is -2.07. The molecular formula is C21H17N3O3S. The molecule has 28 heavy (non-hydrogen) atoms. The summed E-state index contributed by atoms with van der Waals surface area (Å²) in [5.41, 5.74) is 2.63. The number of aromatic nitrogens is 2. The Labute approximate surface area is 165 Å². The maximum Gasteiger partial charge on any atom is 0.307 e. The summed E-state index contributed by atoms with van der Waals surface area (Å²) >= 11 is 1.34. The third-order valence-electron chi connectivity index (χ3n) is 4.02. The van der Waals surface area contributed by atoms with Crippen molar-refractivity contribution in [1.82, 2.24) is 9.97 Å². The van der Waals surface area contributed by atoms with E-state index in [-0.39, 0.29) is 12.0 Å². The van der Waals surface area contributed by atoms with Gasteiger partial charge in [0.25, 0.3) is 5.56 Å². The second kappa shape index (κ2) is 9.02. The highest BCUT2D eigenvalue weighted by Crippen LogP contribution is 2.21. The van der Waals surface area contributed by atoms with Gasteiger partial charge in [-0.25, -0.2) is 4.98 Å². The molecule has 2 N–H and O–H groups in total. The van der Waals surface area contributed by atoms with Gasteiger partial charge in [-0.05, 0) is 16.7 Å². The van der Waals surface area contributed by atoms with Gasteiger partial charge in [-0.15, -0.1) is 0 Å². The molecule has 0 bridgehead atoms. The number of hydrogen-bond acceptors (Lipinski definition) is 5. The van der Waals surface area contributed by atoms with Gasteiger partial charge in [-0.3, -0.25) is 9.59 Å². The van der Waals surface area contributed by atoms with Crippen molar-refractivity contribution in [3.05, 3.63) is 92.9 Å². The van der Waals surface area contributed by atoms with Gasteiger partial charge in [0.15, 0.2) is 5.16 Å². The number of aromatic amines is 1. The van der Waals surface area contributed by atoms with Crippen LogP contribution in [-0.4, -0.2) is 21.0 Å². The number of carbonyl (C=O) groups is 1. The number of aliphatic carboxylic acids is 1. The molecule has 0 spiro atoms. The number of carboxylic acid groups (broad SMARTS) is 1. The van der Waals surface area contributed by atoms with Crippen LogP contribution in [0.4, 0.5) is 0 Å². The molecule has 0 aliphatic carbocycles.